The zero-order chi connectivity index (χ0) is 36.3. The molecule has 11 rings (SSSR count). The number of nitrogens with zero attached hydrogens (tertiary/aromatic N) is 3. The Morgan fingerprint density at radius 2 is 0.764 bits per heavy atom. The van der Waals surface area contributed by atoms with Crippen LogP contribution in [-0.4, -0.2) is 9.13 Å². The first kappa shape index (κ1) is 31.2. The zero-order valence-corrected chi connectivity index (χ0v) is 30.0. The highest BCUT2D eigenvalue weighted by molar-refractivity contribution is 6.11. The molecule has 0 fully saturated rings. The van der Waals surface area contributed by atoms with Gasteiger partial charge in [0.05, 0.1) is 27.8 Å². The van der Waals surface area contributed by atoms with Gasteiger partial charge in [0.2, 0.25) is 0 Å². The van der Waals surface area contributed by atoms with E-state index in [0.29, 0.717) is 0 Å². The lowest BCUT2D eigenvalue weighted by molar-refractivity contribution is 1.13. The van der Waals surface area contributed by atoms with E-state index in [1.54, 1.807) is 0 Å². The van der Waals surface area contributed by atoms with E-state index >= 15 is 0 Å². The van der Waals surface area contributed by atoms with Gasteiger partial charge in [0.1, 0.15) is 0 Å². The van der Waals surface area contributed by atoms with Crippen LogP contribution in [0, 0.1) is 0 Å². The number of para-hydroxylation sites is 4. The molecule has 0 aliphatic heterocycles. The second-order valence-corrected chi connectivity index (χ2v) is 14.2. The number of anilines is 3. The van der Waals surface area contributed by atoms with E-state index in [1.807, 2.05) is 0 Å². The second-order valence-electron chi connectivity index (χ2n) is 14.2. The standard InChI is InChI=1S/C52H35N3/c1-2-16-39(17-3-1)53(48-27-12-15-37-14-4-5-20-43(37)48)40-31-28-36(29-32-40)38-30-33-52-47(34-38)46-23-8-11-26-51(46)55(52)42-19-13-18-41(35-42)54-49-24-9-6-21-44(49)45-22-7-10-25-50(45)54/h1-35H. The molecule has 2 heterocycles. The van der Waals surface area contributed by atoms with E-state index in [9.17, 15) is 0 Å². The van der Waals surface area contributed by atoms with Gasteiger partial charge in [-0.2, -0.15) is 0 Å². The number of hydrogen-bond acceptors (Lipinski definition) is 1. The van der Waals surface area contributed by atoms with E-state index in [1.165, 1.54) is 65.5 Å². The van der Waals surface area contributed by atoms with Crippen LogP contribution in [-0.2, 0) is 0 Å². The molecule has 9 aromatic carbocycles. The van der Waals surface area contributed by atoms with Crippen LogP contribution in [0.3, 0.4) is 0 Å². The van der Waals surface area contributed by atoms with Crippen molar-refractivity contribution in [2.45, 2.75) is 0 Å². The van der Waals surface area contributed by atoms with Crippen molar-refractivity contribution in [2.24, 2.45) is 0 Å². The fourth-order valence-electron chi connectivity index (χ4n) is 8.61. The van der Waals surface area contributed by atoms with Gasteiger partial charge in [0.25, 0.3) is 0 Å². The third kappa shape index (κ3) is 5.05. The average molecular weight is 702 g/mol. The highest BCUT2D eigenvalue weighted by Crippen LogP contribution is 2.41. The Hall–Kier alpha value is -7.36. The third-order valence-corrected chi connectivity index (χ3v) is 11.1. The van der Waals surface area contributed by atoms with Crippen molar-refractivity contribution in [3.8, 4) is 22.5 Å². The number of hydrogen-bond donors (Lipinski definition) is 0. The molecule has 3 nitrogen and oxygen atoms in total. The molecule has 0 aliphatic carbocycles. The van der Waals surface area contributed by atoms with Crippen LogP contribution in [0.4, 0.5) is 17.1 Å². The topological polar surface area (TPSA) is 13.1 Å². The van der Waals surface area contributed by atoms with Gasteiger partial charge in [-0.25, -0.2) is 0 Å². The monoisotopic (exact) mass is 701 g/mol. The first-order chi connectivity index (χ1) is 27.3. The molecule has 0 spiro atoms. The maximum Gasteiger partial charge on any atom is 0.0541 e. The Labute approximate surface area is 319 Å². The molecule has 0 bridgehead atoms. The van der Waals surface area contributed by atoms with Crippen molar-refractivity contribution >= 4 is 71.4 Å². The lowest BCUT2D eigenvalue weighted by Crippen LogP contribution is -2.10. The van der Waals surface area contributed by atoms with Crippen molar-refractivity contribution in [1.82, 2.24) is 9.13 Å². The summed E-state index contributed by atoms with van der Waals surface area (Å²) in [7, 11) is 0. The SMILES string of the molecule is c1ccc(N(c2ccc(-c3ccc4c(c3)c3ccccc3n4-c3cccc(-n4c5ccccc5c5ccccc54)c3)cc2)c2cccc3ccccc23)cc1. The summed E-state index contributed by atoms with van der Waals surface area (Å²) in [4.78, 5) is 2.36. The summed E-state index contributed by atoms with van der Waals surface area (Å²) in [6.45, 7) is 0. The molecule has 0 saturated carbocycles. The van der Waals surface area contributed by atoms with Crippen molar-refractivity contribution in [2.75, 3.05) is 4.90 Å². The van der Waals surface area contributed by atoms with Gasteiger partial charge < -0.3 is 14.0 Å². The molecule has 2 aromatic heterocycles. The van der Waals surface area contributed by atoms with Crippen molar-refractivity contribution in [3.05, 3.63) is 212 Å². The maximum absolute atomic E-state index is 2.41. The molecule has 0 saturated heterocycles. The Morgan fingerprint density at radius 1 is 0.291 bits per heavy atom. The van der Waals surface area contributed by atoms with Crippen LogP contribution in [0.5, 0.6) is 0 Å². The quantitative estimate of drug-likeness (QED) is 0.168. The van der Waals surface area contributed by atoms with E-state index in [0.717, 1.165) is 28.4 Å². The predicted octanol–water partition coefficient (Wildman–Crippen LogP) is 14.2. The molecule has 0 unspecified atom stereocenters. The molecular weight excluding hydrogens is 667 g/mol. The molecule has 0 amide bonds. The van der Waals surface area contributed by atoms with E-state index < -0.39 is 0 Å². The first-order valence-electron chi connectivity index (χ1n) is 18.9. The second kappa shape index (κ2) is 12.6. The van der Waals surface area contributed by atoms with Gasteiger partial charge in [-0.05, 0) is 95.4 Å². The zero-order valence-electron chi connectivity index (χ0n) is 30.0. The minimum atomic E-state index is 1.12. The third-order valence-electron chi connectivity index (χ3n) is 11.1. The van der Waals surface area contributed by atoms with Crippen LogP contribution >= 0.6 is 0 Å². The number of aromatic nitrogens is 2. The van der Waals surface area contributed by atoms with Gasteiger partial charge in [-0.15, -0.1) is 0 Å². The van der Waals surface area contributed by atoms with Crippen LogP contribution < -0.4 is 4.90 Å². The summed E-state index contributed by atoms with van der Waals surface area (Å²) in [6, 6.07) is 76.9. The molecule has 0 radical (unpaired) electrons. The molecule has 258 valence electrons. The Morgan fingerprint density at radius 3 is 1.42 bits per heavy atom. The van der Waals surface area contributed by atoms with Gasteiger partial charge in [0, 0.05) is 49.7 Å². The Bertz CT molecular complexity index is 3150. The highest BCUT2D eigenvalue weighted by Gasteiger charge is 2.18. The smallest absolute Gasteiger partial charge is 0.0541 e. The molecular formula is C52H35N3. The lowest BCUT2D eigenvalue weighted by atomic mass is 10.0. The van der Waals surface area contributed by atoms with Crippen LogP contribution in [0.1, 0.15) is 0 Å². The summed E-state index contributed by atoms with van der Waals surface area (Å²) >= 11 is 0. The van der Waals surface area contributed by atoms with E-state index in [-0.39, 0.29) is 0 Å². The lowest BCUT2D eigenvalue weighted by Gasteiger charge is -2.27. The van der Waals surface area contributed by atoms with E-state index in [4.69, 9.17) is 0 Å². The van der Waals surface area contributed by atoms with Gasteiger partial charge >= 0.3 is 0 Å². The average Bonchev–Trinajstić information content (AvgIpc) is 3.77. The van der Waals surface area contributed by atoms with Gasteiger partial charge in [-0.3, -0.25) is 0 Å². The van der Waals surface area contributed by atoms with E-state index in [2.05, 4.69) is 226 Å². The summed E-state index contributed by atoms with van der Waals surface area (Å²) in [5.41, 5.74) is 12.9. The molecule has 3 heteroatoms. The fourth-order valence-corrected chi connectivity index (χ4v) is 8.61. The van der Waals surface area contributed by atoms with Crippen LogP contribution in [0.25, 0.3) is 76.9 Å². The van der Waals surface area contributed by atoms with Gasteiger partial charge in [0.15, 0.2) is 0 Å². The molecule has 0 aliphatic rings. The number of fused-ring (bicyclic) bond motifs is 7. The minimum absolute atomic E-state index is 1.12. The van der Waals surface area contributed by atoms with Crippen LogP contribution in [0.15, 0.2) is 212 Å². The molecule has 0 atom stereocenters. The predicted molar refractivity (Wildman–Crippen MR) is 233 cm³/mol. The Balaban J connectivity index is 1.02. The summed E-state index contributed by atoms with van der Waals surface area (Å²) in [5, 5.41) is 7.46. The fraction of sp³-hybridized carbons (Fsp3) is 0. The van der Waals surface area contributed by atoms with Crippen molar-refractivity contribution < 1.29 is 0 Å². The van der Waals surface area contributed by atoms with Crippen molar-refractivity contribution in [1.29, 1.82) is 0 Å². The molecule has 55 heavy (non-hydrogen) atoms. The minimum Gasteiger partial charge on any atom is -0.310 e. The van der Waals surface area contributed by atoms with Crippen molar-refractivity contribution in [3.63, 3.8) is 0 Å². The summed E-state index contributed by atoms with van der Waals surface area (Å²) in [6.07, 6.45) is 0. The summed E-state index contributed by atoms with van der Waals surface area (Å²) in [5.74, 6) is 0. The normalized spacial score (nSPS) is 11.6. The van der Waals surface area contributed by atoms with Gasteiger partial charge in [-0.1, -0.05) is 133 Å². The highest BCUT2D eigenvalue weighted by atomic mass is 15.1. The number of rotatable bonds is 6. The van der Waals surface area contributed by atoms with Crippen LogP contribution in [0.2, 0.25) is 0 Å². The first-order valence-corrected chi connectivity index (χ1v) is 18.9. The number of benzene rings is 9. The molecule has 11 aromatic rings. The molecule has 0 N–H and O–H groups in total. The maximum atomic E-state index is 2.41. The largest absolute Gasteiger partial charge is 0.310 e. The summed E-state index contributed by atoms with van der Waals surface area (Å²) < 4.78 is 4.81. The Kier molecular flexibility index (Phi) is 7.17.